The zero-order valence-electron chi connectivity index (χ0n) is 15.9. The number of likely N-dealkylation sites (tertiary alicyclic amines) is 1. The van der Waals surface area contributed by atoms with Gasteiger partial charge >= 0.3 is 0 Å². The van der Waals surface area contributed by atoms with E-state index in [2.05, 4.69) is 27.4 Å². The van der Waals surface area contributed by atoms with Crippen molar-refractivity contribution in [2.75, 3.05) is 19.7 Å². The summed E-state index contributed by atoms with van der Waals surface area (Å²) in [5.74, 6) is 1.23. The van der Waals surface area contributed by atoms with E-state index in [1.165, 1.54) is 10.8 Å². The molecule has 1 saturated heterocycles. The van der Waals surface area contributed by atoms with Crippen LogP contribution in [0.15, 0.2) is 48.8 Å². The van der Waals surface area contributed by atoms with Crippen LogP contribution in [0.2, 0.25) is 0 Å². The van der Waals surface area contributed by atoms with Gasteiger partial charge in [-0.3, -0.25) is 4.79 Å². The van der Waals surface area contributed by atoms with E-state index in [9.17, 15) is 4.79 Å². The molecule has 0 saturated carbocycles. The van der Waals surface area contributed by atoms with Gasteiger partial charge in [0.1, 0.15) is 17.7 Å². The Balaban J connectivity index is 1.21. The van der Waals surface area contributed by atoms with E-state index in [-0.39, 0.29) is 18.1 Å². The number of aromatic nitrogens is 4. The normalized spacial score (nSPS) is 20.9. The molecule has 3 aromatic rings. The van der Waals surface area contributed by atoms with Crippen LogP contribution >= 0.6 is 0 Å². The smallest absolute Gasteiger partial charge is 0.260 e. The van der Waals surface area contributed by atoms with Crippen molar-refractivity contribution < 1.29 is 14.3 Å². The molecule has 1 fully saturated rings. The first-order valence-corrected chi connectivity index (χ1v) is 9.76. The van der Waals surface area contributed by atoms with Crippen LogP contribution < -0.4 is 9.47 Å². The molecule has 4 heterocycles. The highest BCUT2D eigenvalue weighted by molar-refractivity contribution is 5.77. The highest BCUT2D eigenvalue weighted by atomic mass is 16.5. The van der Waals surface area contributed by atoms with Crippen molar-refractivity contribution >= 4 is 17.6 Å². The summed E-state index contributed by atoms with van der Waals surface area (Å²) in [4.78, 5) is 14.5. The Labute approximate surface area is 167 Å². The van der Waals surface area contributed by atoms with Gasteiger partial charge in [0, 0.05) is 31.1 Å². The number of fused-ring (bicyclic) bond motifs is 2. The third kappa shape index (κ3) is 3.53. The molecular formula is C21H21N5O3. The van der Waals surface area contributed by atoms with Crippen molar-refractivity contribution in [3.8, 4) is 11.6 Å². The molecule has 2 aromatic heterocycles. The van der Waals surface area contributed by atoms with Crippen molar-refractivity contribution in [3.05, 3.63) is 54.4 Å². The Morgan fingerprint density at radius 3 is 3.07 bits per heavy atom. The number of hydrogen-bond donors (Lipinski definition) is 0. The minimum atomic E-state index is -0.342. The molecule has 0 bridgehead atoms. The molecule has 2 aliphatic rings. The average Bonchev–Trinajstić information content (AvgIpc) is 3.13. The fourth-order valence-electron chi connectivity index (χ4n) is 3.87. The monoisotopic (exact) mass is 391 g/mol. The lowest BCUT2D eigenvalue weighted by atomic mass is 9.91. The van der Waals surface area contributed by atoms with Gasteiger partial charge in [-0.05, 0) is 31.1 Å². The first kappa shape index (κ1) is 17.7. The van der Waals surface area contributed by atoms with Gasteiger partial charge in [-0.15, -0.1) is 15.3 Å². The number of amides is 1. The molecule has 1 amide bonds. The largest absolute Gasteiger partial charge is 0.483 e. The number of para-hydroxylation sites is 1. The number of ether oxygens (including phenoxy) is 2. The molecule has 8 nitrogen and oxygen atoms in total. The van der Waals surface area contributed by atoms with Crippen LogP contribution in [0.5, 0.6) is 11.6 Å². The summed E-state index contributed by atoms with van der Waals surface area (Å²) >= 11 is 0. The SMILES string of the molecule is O=C(COc1ccc2nncn2n1)N1CCC[C@@]2(C=Cc3ccccc3O2)CC1. The lowest BCUT2D eigenvalue weighted by molar-refractivity contribution is -0.133. The molecule has 0 N–H and O–H groups in total. The van der Waals surface area contributed by atoms with Gasteiger partial charge in [-0.2, -0.15) is 4.52 Å². The van der Waals surface area contributed by atoms with Gasteiger partial charge in [0.15, 0.2) is 12.3 Å². The Kier molecular flexibility index (Phi) is 4.38. The van der Waals surface area contributed by atoms with E-state index < -0.39 is 0 Å². The fraction of sp³-hybridized carbons (Fsp3) is 0.333. The maximum atomic E-state index is 12.7. The van der Waals surface area contributed by atoms with E-state index in [0.29, 0.717) is 24.6 Å². The van der Waals surface area contributed by atoms with Crippen molar-refractivity contribution in [1.82, 2.24) is 24.7 Å². The van der Waals surface area contributed by atoms with E-state index in [4.69, 9.17) is 9.47 Å². The standard InChI is InChI=1S/C21H21N5O3/c27-20(14-28-19-7-6-18-23-22-15-26(18)24-19)25-12-3-9-21(11-13-25)10-8-16-4-1-2-5-17(16)29-21/h1-2,4-8,10,15H,3,9,11-14H2/t21-/m1/s1. The topological polar surface area (TPSA) is 81.8 Å². The van der Waals surface area contributed by atoms with Crippen molar-refractivity contribution in [2.45, 2.75) is 24.9 Å². The number of hydrogen-bond acceptors (Lipinski definition) is 6. The van der Waals surface area contributed by atoms with Gasteiger partial charge < -0.3 is 14.4 Å². The lowest BCUT2D eigenvalue weighted by Crippen LogP contribution is -2.39. The summed E-state index contributed by atoms with van der Waals surface area (Å²) in [6, 6.07) is 11.5. The van der Waals surface area contributed by atoms with E-state index in [0.717, 1.165) is 30.6 Å². The molecule has 0 aliphatic carbocycles. The van der Waals surface area contributed by atoms with Crippen LogP contribution in [0.25, 0.3) is 11.7 Å². The molecule has 2 aliphatic heterocycles. The van der Waals surface area contributed by atoms with E-state index >= 15 is 0 Å². The van der Waals surface area contributed by atoms with Gasteiger partial charge in [-0.1, -0.05) is 24.3 Å². The van der Waals surface area contributed by atoms with Crippen LogP contribution in [0.4, 0.5) is 0 Å². The van der Waals surface area contributed by atoms with Crippen molar-refractivity contribution in [1.29, 1.82) is 0 Å². The van der Waals surface area contributed by atoms with E-state index in [1.54, 1.807) is 12.1 Å². The molecule has 0 unspecified atom stereocenters. The number of carbonyl (C=O) groups is 1. The predicted molar refractivity (Wildman–Crippen MR) is 106 cm³/mol. The highest BCUT2D eigenvalue weighted by Gasteiger charge is 2.35. The van der Waals surface area contributed by atoms with Gasteiger partial charge in [0.2, 0.25) is 5.88 Å². The Hall–Kier alpha value is -3.42. The van der Waals surface area contributed by atoms with Crippen molar-refractivity contribution in [3.63, 3.8) is 0 Å². The van der Waals surface area contributed by atoms with Crippen LogP contribution in [0, 0.1) is 0 Å². The first-order valence-electron chi connectivity index (χ1n) is 9.76. The second-order valence-corrected chi connectivity index (χ2v) is 7.37. The Morgan fingerprint density at radius 2 is 2.10 bits per heavy atom. The highest BCUT2D eigenvalue weighted by Crippen LogP contribution is 2.36. The molecule has 0 radical (unpaired) electrons. The number of rotatable bonds is 3. The predicted octanol–water partition coefficient (Wildman–Crippen LogP) is 2.36. The number of carbonyl (C=O) groups excluding carboxylic acids is 1. The van der Waals surface area contributed by atoms with E-state index in [1.807, 2.05) is 29.2 Å². The Morgan fingerprint density at radius 1 is 1.17 bits per heavy atom. The molecule has 148 valence electrons. The number of nitrogens with zero attached hydrogens (tertiary/aromatic N) is 5. The van der Waals surface area contributed by atoms with Gasteiger partial charge in [0.05, 0.1) is 0 Å². The van der Waals surface area contributed by atoms with Crippen LogP contribution in [0.3, 0.4) is 0 Å². The second kappa shape index (κ2) is 7.20. The zero-order valence-corrected chi connectivity index (χ0v) is 15.9. The third-order valence-corrected chi connectivity index (χ3v) is 5.47. The first-order chi connectivity index (χ1) is 14.2. The summed E-state index contributed by atoms with van der Waals surface area (Å²) < 4.78 is 13.5. The molecule has 8 heteroatoms. The summed E-state index contributed by atoms with van der Waals surface area (Å²) in [6.45, 7) is 1.28. The molecule has 29 heavy (non-hydrogen) atoms. The van der Waals surface area contributed by atoms with Crippen LogP contribution in [0.1, 0.15) is 24.8 Å². The van der Waals surface area contributed by atoms with Crippen molar-refractivity contribution in [2.24, 2.45) is 0 Å². The fourth-order valence-corrected chi connectivity index (χ4v) is 3.87. The zero-order chi connectivity index (χ0) is 19.7. The maximum absolute atomic E-state index is 12.7. The summed E-state index contributed by atoms with van der Waals surface area (Å²) in [5, 5.41) is 11.9. The molecule has 1 aromatic carbocycles. The maximum Gasteiger partial charge on any atom is 0.260 e. The Bertz CT molecular complexity index is 1080. The lowest BCUT2D eigenvalue weighted by Gasteiger charge is -2.34. The van der Waals surface area contributed by atoms with Crippen LogP contribution in [-0.2, 0) is 4.79 Å². The molecule has 1 atom stereocenters. The second-order valence-electron chi connectivity index (χ2n) is 7.37. The summed E-state index contributed by atoms with van der Waals surface area (Å²) in [5.41, 5.74) is 1.38. The van der Waals surface area contributed by atoms with Gasteiger partial charge in [0.25, 0.3) is 5.91 Å². The summed E-state index contributed by atoms with van der Waals surface area (Å²) in [7, 11) is 0. The number of benzene rings is 1. The summed E-state index contributed by atoms with van der Waals surface area (Å²) in [6.07, 6.45) is 8.30. The van der Waals surface area contributed by atoms with Crippen LogP contribution in [-0.4, -0.2) is 55.9 Å². The molecule has 1 spiro atoms. The quantitative estimate of drug-likeness (QED) is 0.682. The van der Waals surface area contributed by atoms with Gasteiger partial charge in [-0.25, -0.2) is 0 Å². The molecular weight excluding hydrogens is 370 g/mol. The average molecular weight is 391 g/mol. The minimum Gasteiger partial charge on any atom is -0.483 e. The third-order valence-electron chi connectivity index (χ3n) is 5.47. The molecule has 5 rings (SSSR count). The minimum absolute atomic E-state index is 0.0482.